The summed E-state index contributed by atoms with van der Waals surface area (Å²) in [7, 11) is 2.49. The van der Waals surface area contributed by atoms with Gasteiger partial charge in [-0.3, -0.25) is 43.2 Å². The molecule has 10 atom stereocenters. The van der Waals surface area contributed by atoms with E-state index in [-0.39, 0.29) is 98.1 Å². The van der Waals surface area contributed by atoms with Crippen LogP contribution in [-0.4, -0.2) is 187 Å². The Morgan fingerprint density at radius 3 is 1.90 bits per heavy atom. The van der Waals surface area contributed by atoms with Crippen LogP contribution in [0, 0.1) is 47.3 Å². The number of amides is 6. The van der Waals surface area contributed by atoms with Crippen LogP contribution >= 0.6 is 0 Å². The SMILES string of the molecule is CC[C@H](C)[C@@H]([C@@H](CC(=O)N1CCC[C@H]1[C@H](OC)[C@@H](C)C(=O)N[C@@H](CC(C)C)C(=O)CS(=O)(=O)C1CC1)OC)N(C)C(=O)[C@@H](CC(=O)[C@H](C(C)C)N(C)C(=O)OCc1ccc(NC(=O)[C@H](C)CC(=O)CCC(=O)N2CCC(C(=O)O)CC2)cc1)C(C)C. The fourth-order valence-corrected chi connectivity index (χ4v) is 13.8. The van der Waals surface area contributed by atoms with E-state index in [1.807, 2.05) is 41.5 Å². The first kappa shape index (κ1) is 72.7. The van der Waals surface area contributed by atoms with Crippen molar-refractivity contribution in [2.45, 2.75) is 201 Å². The van der Waals surface area contributed by atoms with Crippen molar-refractivity contribution in [2.75, 3.05) is 59.0 Å². The maximum absolute atomic E-state index is 14.8. The minimum atomic E-state index is -3.61. The van der Waals surface area contributed by atoms with E-state index in [1.165, 1.54) is 26.2 Å². The van der Waals surface area contributed by atoms with Gasteiger partial charge < -0.3 is 49.6 Å². The zero-order valence-electron chi connectivity index (χ0n) is 53.5. The number of ether oxygens (including phenoxy) is 3. The van der Waals surface area contributed by atoms with Crippen molar-refractivity contribution in [1.82, 2.24) is 24.9 Å². The van der Waals surface area contributed by atoms with Crippen LogP contribution in [0.1, 0.15) is 158 Å². The molecule has 1 aromatic rings. The van der Waals surface area contributed by atoms with E-state index in [0.29, 0.717) is 75.8 Å². The largest absolute Gasteiger partial charge is 0.481 e. The van der Waals surface area contributed by atoms with Crippen LogP contribution in [0.15, 0.2) is 24.3 Å². The number of benzene rings is 1. The molecule has 2 saturated heterocycles. The Balaban J connectivity index is 1.35. The zero-order valence-corrected chi connectivity index (χ0v) is 54.3. The third-order valence-electron chi connectivity index (χ3n) is 17.6. The molecule has 23 heteroatoms. The molecule has 0 bridgehead atoms. The molecule has 0 radical (unpaired) electrons. The number of Topliss-reactive ketones (excluding diaryl/α,β-unsaturated/α-hetero) is 3. The third-order valence-corrected chi connectivity index (χ3v) is 19.8. The maximum Gasteiger partial charge on any atom is 0.410 e. The van der Waals surface area contributed by atoms with E-state index < -0.39 is 111 Å². The van der Waals surface area contributed by atoms with Crippen LogP contribution in [-0.2, 0) is 73.8 Å². The lowest BCUT2D eigenvalue weighted by Gasteiger charge is -2.41. The lowest BCUT2D eigenvalue weighted by molar-refractivity contribution is -0.149. The Morgan fingerprint density at radius 1 is 0.733 bits per heavy atom. The number of piperidine rings is 1. The Kier molecular flexibility index (Phi) is 28.3. The number of anilines is 1. The molecule has 0 unspecified atom stereocenters. The number of carboxylic acids is 1. The first-order valence-corrected chi connectivity index (χ1v) is 32.6. The molecule has 2 heterocycles. The van der Waals surface area contributed by atoms with Gasteiger partial charge in [0.15, 0.2) is 21.4 Å². The number of hydrogen-bond donors (Lipinski definition) is 3. The predicted octanol–water partition coefficient (Wildman–Crippen LogP) is 6.75. The first-order valence-electron chi connectivity index (χ1n) is 30.9. The third kappa shape index (κ3) is 20.7. The summed E-state index contributed by atoms with van der Waals surface area (Å²) in [4.78, 5) is 140. The number of rotatable bonds is 35. The number of carbonyl (C=O) groups is 10. The summed E-state index contributed by atoms with van der Waals surface area (Å²) in [6.07, 6.45) is 1.15. The van der Waals surface area contributed by atoms with Gasteiger partial charge in [-0.1, -0.05) is 87.8 Å². The molecule has 22 nitrogen and oxygen atoms in total. The van der Waals surface area contributed by atoms with Gasteiger partial charge in [0.1, 0.15) is 18.1 Å². The molecule has 86 heavy (non-hydrogen) atoms. The summed E-state index contributed by atoms with van der Waals surface area (Å²) in [6.45, 7) is 19.2. The molecule has 2 aliphatic heterocycles. The molecule has 1 saturated carbocycles. The number of nitrogens with one attached hydrogen (secondary N) is 2. The molecule has 0 aromatic heterocycles. The average molecular weight is 1230 g/mol. The lowest BCUT2D eigenvalue weighted by atomic mass is 9.83. The van der Waals surface area contributed by atoms with Gasteiger partial charge in [-0.25, -0.2) is 13.2 Å². The van der Waals surface area contributed by atoms with Crippen LogP contribution in [0.2, 0.25) is 0 Å². The van der Waals surface area contributed by atoms with Gasteiger partial charge in [-0.05, 0) is 86.3 Å². The summed E-state index contributed by atoms with van der Waals surface area (Å²) < 4.78 is 43.2. The minimum Gasteiger partial charge on any atom is -0.481 e. The summed E-state index contributed by atoms with van der Waals surface area (Å²) in [5.41, 5.74) is 1.04. The van der Waals surface area contributed by atoms with Crippen LogP contribution in [0.3, 0.4) is 0 Å². The number of carboxylic acid groups (broad SMARTS) is 1. The molecule has 1 aromatic carbocycles. The van der Waals surface area contributed by atoms with Gasteiger partial charge in [0.25, 0.3) is 0 Å². The van der Waals surface area contributed by atoms with Crippen molar-refractivity contribution >= 4 is 74.5 Å². The smallest absolute Gasteiger partial charge is 0.410 e. The number of methoxy groups -OCH3 is 2. The highest BCUT2D eigenvalue weighted by molar-refractivity contribution is 7.93. The molecule has 1 aliphatic carbocycles. The average Bonchev–Trinajstić information content (AvgIpc) is 2.08. The number of hydrogen-bond acceptors (Lipinski definition) is 15. The van der Waals surface area contributed by atoms with Gasteiger partial charge in [0.05, 0.1) is 59.9 Å². The van der Waals surface area contributed by atoms with E-state index in [0.717, 1.165) is 0 Å². The fraction of sp³-hybridized carbons (Fsp3) is 0.746. The summed E-state index contributed by atoms with van der Waals surface area (Å²) >= 11 is 0. The quantitative estimate of drug-likeness (QED) is 0.0634. The molecule has 484 valence electrons. The topological polar surface area (TPSA) is 290 Å². The van der Waals surface area contributed by atoms with Crippen molar-refractivity contribution in [3.8, 4) is 0 Å². The van der Waals surface area contributed by atoms with Crippen LogP contribution in [0.4, 0.5) is 10.5 Å². The van der Waals surface area contributed by atoms with Gasteiger partial charge in [-0.2, -0.15) is 0 Å². The molecular weight excluding hydrogens is 1130 g/mol. The number of aliphatic carboxylic acids is 1. The fourth-order valence-electron chi connectivity index (χ4n) is 12.1. The lowest BCUT2D eigenvalue weighted by Crippen LogP contribution is -2.55. The van der Waals surface area contributed by atoms with E-state index in [4.69, 9.17) is 14.2 Å². The molecule has 3 N–H and O–H groups in total. The maximum atomic E-state index is 14.8. The van der Waals surface area contributed by atoms with E-state index in [2.05, 4.69) is 10.6 Å². The molecule has 3 aliphatic rings. The summed E-state index contributed by atoms with van der Waals surface area (Å²) in [5, 5.41) is 14.3. The molecular formula is C63H100N6O16S. The number of likely N-dealkylation sites (N-methyl/N-ethyl adjacent to an activating group) is 2. The first-order chi connectivity index (χ1) is 40.4. The minimum absolute atomic E-state index is 0.0108. The highest BCUT2D eigenvalue weighted by Crippen LogP contribution is 2.33. The number of nitrogens with zero attached hydrogens (tertiary/aromatic N) is 4. The van der Waals surface area contributed by atoms with Crippen molar-refractivity contribution in [3.63, 3.8) is 0 Å². The van der Waals surface area contributed by atoms with Gasteiger partial charge >= 0.3 is 12.1 Å². The Morgan fingerprint density at radius 2 is 1.36 bits per heavy atom. The zero-order chi connectivity index (χ0) is 64.5. The number of sulfone groups is 1. The highest BCUT2D eigenvalue weighted by atomic mass is 32.2. The van der Waals surface area contributed by atoms with E-state index in [9.17, 15) is 61.5 Å². The van der Waals surface area contributed by atoms with Gasteiger partial charge in [0.2, 0.25) is 29.5 Å². The molecule has 6 amide bonds. The number of carbonyl (C=O) groups excluding carboxylic acids is 9. The molecule has 0 spiro atoms. The van der Waals surface area contributed by atoms with Crippen molar-refractivity contribution in [2.24, 2.45) is 47.3 Å². The Hall–Kier alpha value is -5.81. The molecule has 4 rings (SSSR count). The second-order valence-electron chi connectivity index (χ2n) is 25.5. The highest BCUT2D eigenvalue weighted by Gasteiger charge is 2.45. The van der Waals surface area contributed by atoms with Gasteiger partial charge in [-0.15, -0.1) is 0 Å². The van der Waals surface area contributed by atoms with Crippen LogP contribution < -0.4 is 10.6 Å². The van der Waals surface area contributed by atoms with Crippen molar-refractivity contribution in [3.05, 3.63) is 29.8 Å². The number of ketones is 3. The normalized spacial score (nSPS) is 18.9. The standard InChI is InChI=1S/C63H100N6O16S/c1-15-40(8)57(53(83-13)34-55(74)69-28-16-17-50(69)58(84-14)42(10)60(76)65-49(31-37(2)3)52(72)36-86(81,82)47-23-24-47)66(11)61(77)48(38(4)5)33-51(71)56(39(6)7)67(12)63(80)85-35-43-18-20-45(21-19-43)64-59(75)41(9)32-46(70)22-25-54(73)68-29-26-44(27-30-68)62(78)79/h18-21,37-42,44,47-50,53,56-58H,15-17,22-36H2,1-14H3,(H,64,75)(H,65,76)(H,78,79)/t40-,41+,42+,48-,49-,50-,53+,56-,57-,58+/m0/s1. The number of likely N-dealkylation sites (tertiary alicyclic amines) is 2. The van der Waals surface area contributed by atoms with Crippen molar-refractivity contribution < 1.29 is 75.7 Å². The van der Waals surface area contributed by atoms with Crippen LogP contribution in [0.5, 0.6) is 0 Å². The second kappa shape index (κ2) is 33.5. The van der Waals surface area contributed by atoms with Gasteiger partial charge in [0, 0.05) is 91.2 Å². The summed E-state index contributed by atoms with van der Waals surface area (Å²) in [5.74, 6) is -7.96. The second-order valence-corrected chi connectivity index (χ2v) is 27.7. The molecule has 3 fully saturated rings. The monoisotopic (exact) mass is 1230 g/mol. The Bertz CT molecular complexity index is 2620. The van der Waals surface area contributed by atoms with Crippen LogP contribution in [0.25, 0.3) is 0 Å². The van der Waals surface area contributed by atoms with E-state index in [1.54, 1.807) is 73.7 Å². The van der Waals surface area contributed by atoms with E-state index >= 15 is 0 Å². The predicted molar refractivity (Wildman–Crippen MR) is 324 cm³/mol. The van der Waals surface area contributed by atoms with Crippen molar-refractivity contribution in [1.29, 1.82) is 0 Å². The summed E-state index contributed by atoms with van der Waals surface area (Å²) in [6, 6.07) is 3.51. The Labute approximate surface area is 510 Å².